The summed E-state index contributed by atoms with van der Waals surface area (Å²) in [6.07, 6.45) is -2.26. The Labute approximate surface area is 145 Å². The summed E-state index contributed by atoms with van der Waals surface area (Å²) in [4.78, 5) is 2.15. The van der Waals surface area contributed by atoms with Crippen LogP contribution < -0.4 is 4.74 Å². The first-order valence-electron chi connectivity index (χ1n) is 8.64. The van der Waals surface area contributed by atoms with E-state index in [0.29, 0.717) is 31.7 Å². The molecule has 3 unspecified atom stereocenters. The van der Waals surface area contributed by atoms with Crippen LogP contribution in [0.25, 0.3) is 0 Å². The Morgan fingerprint density at radius 2 is 2.12 bits per heavy atom. The van der Waals surface area contributed by atoms with E-state index >= 15 is 0 Å². The summed E-state index contributed by atoms with van der Waals surface area (Å²) in [7, 11) is 0. The van der Waals surface area contributed by atoms with Crippen molar-refractivity contribution in [3.63, 3.8) is 0 Å². The Bertz CT molecular complexity index is 591. The number of rotatable bonds is 4. The summed E-state index contributed by atoms with van der Waals surface area (Å²) in [5.41, 5.74) is -0.309. The molecule has 2 fully saturated rings. The minimum atomic E-state index is -4.71. The van der Waals surface area contributed by atoms with Crippen molar-refractivity contribution in [3.05, 3.63) is 29.8 Å². The average Bonchev–Trinajstić information content (AvgIpc) is 2.95. The predicted octanol–water partition coefficient (Wildman–Crippen LogP) is 3.34. The monoisotopic (exact) mass is 359 g/mol. The molecule has 7 heteroatoms. The van der Waals surface area contributed by atoms with E-state index in [1.54, 1.807) is 12.1 Å². The predicted molar refractivity (Wildman–Crippen MR) is 86.1 cm³/mol. The SMILES string of the molecule is CC1(O)CCOCC1C1CCCN1Cc1ccccc1OC(F)(F)F. The number of hydrogen-bond acceptors (Lipinski definition) is 4. The van der Waals surface area contributed by atoms with Crippen LogP contribution in [0.15, 0.2) is 24.3 Å². The van der Waals surface area contributed by atoms with E-state index in [-0.39, 0.29) is 17.7 Å². The van der Waals surface area contributed by atoms with E-state index in [4.69, 9.17) is 4.74 Å². The highest BCUT2D eigenvalue weighted by Gasteiger charge is 2.44. The second-order valence-electron chi connectivity index (χ2n) is 7.12. The lowest BCUT2D eigenvalue weighted by molar-refractivity contribution is -0.275. The maximum atomic E-state index is 12.6. The van der Waals surface area contributed by atoms with Crippen molar-refractivity contribution in [3.8, 4) is 5.75 Å². The Morgan fingerprint density at radius 3 is 2.84 bits per heavy atom. The van der Waals surface area contributed by atoms with Gasteiger partial charge >= 0.3 is 6.36 Å². The molecule has 140 valence electrons. The van der Waals surface area contributed by atoms with E-state index in [1.807, 2.05) is 6.92 Å². The van der Waals surface area contributed by atoms with Crippen molar-refractivity contribution in [1.82, 2.24) is 4.90 Å². The second-order valence-corrected chi connectivity index (χ2v) is 7.12. The molecule has 2 aliphatic heterocycles. The highest BCUT2D eigenvalue weighted by atomic mass is 19.4. The molecule has 2 saturated heterocycles. The largest absolute Gasteiger partial charge is 0.573 e. The molecule has 1 N–H and O–H groups in total. The van der Waals surface area contributed by atoms with E-state index in [0.717, 1.165) is 19.4 Å². The summed E-state index contributed by atoms with van der Waals surface area (Å²) in [6.45, 7) is 4.01. The lowest BCUT2D eigenvalue weighted by Crippen LogP contribution is -2.52. The van der Waals surface area contributed by atoms with Crippen molar-refractivity contribution < 1.29 is 27.8 Å². The van der Waals surface area contributed by atoms with Gasteiger partial charge in [0.15, 0.2) is 0 Å². The summed E-state index contributed by atoms with van der Waals surface area (Å²) >= 11 is 0. The number of para-hydroxylation sites is 1. The lowest BCUT2D eigenvalue weighted by Gasteiger charge is -2.43. The molecule has 4 nitrogen and oxygen atoms in total. The topological polar surface area (TPSA) is 41.9 Å². The molecule has 3 rings (SSSR count). The average molecular weight is 359 g/mol. The fourth-order valence-corrected chi connectivity index (χ4v) is 3.96. The van der Waals surface area contributed by atoms with Gasteiger partial charge in [-0.25, -0.2) is 0 Å². The van der Waals surface area contributed by atoms with Crippen LogP contribution in [0.5, 0.6) is 5.75 Å². The van der Waals surface area contributed by atoms with E-state index in [9.17, 15) is 18.3 Å². The number of nitrogens with zero attached hydrogens (tertiary/aromatic N) is 1. The van der Waals surface area contributed by atoms with Crippen LogP contribution in [-0.4, -0.2) is 47.8 Å². The number of ether oxygens (including phenoxy) is 2. The third kappa shape index (κ3) is 4.46. The van der Waals surface area contributed by atoms with Crippen molar-refractivity contribution >= 4 is 0 Å². The molecule has 2 aliphatic rings. The molecule has 0 radical (unpaired) electrons. The molecule has 0 amide bonds. The Hall–Kier alpha value is -1.31. The zero-order valence-corrected chi connectivity index (χ0v) is 14.3. The Balaban J connectivity index is 1.76. The third-order valence-electron chi connectivity index (χ3n) is 5.30. The van der Waals surface area contributed by atoms with Crippen LogP contribution >= 0.6 is 0 Å². The summed E-state index contributed by atoms with van der Waals surface area (Å²) in [6, 6.07) is 6.34. The van der Waals surface area contributed by atoms with Gasteiger partial charge in [-0.2, -0.15) is 0 Å². The standard InChI is InChI=1S/C18H24F3NO3/c1-17(23)8-10-24-12-14(17)15-6-4-9-22(15)11-13-5-2-3-7-16(13)25-18(19,20)21/h2-3,5,7,14-15,23H,4,6,8-12H2,1H3. The number of aliphatic hydroxyl groups is 1. The molecule has 0 spiro atoms. The van der Waals surface area contributed by atoms with Gasteiger partial charge in [-0.15, -0.1) is 13.2 Å². The van der Waals surface area contributed by atoms with Crippen LogP contribution in [0.1, 0.15) is 31.7 Å². The van der Waals surface area contributed by atoms with Crippen LogP contribution in [0, 0.1) is 5.92 Å². The maximum absolute atomic E-state index is 12.6. The first-order chi connectivity index (χ1) is 11.8. The van der Waals surface area contributed by atoms with E-state index < -0.39 is 12.0 Å². The second kappa shape index (κ2) is 7.13. The van der Waals surface area contributed by atoms with Gasteiger partial charge in [-0.3, -0.25) is 4.90 Å². The first-order valence-corrected chi connectivity index (χ1v) is 8.64. The molecule has 0 aliphatic carbocycles. The lowest BCUT2D eigenvalue weighted by atomic mass is 9.79. The third-order valence-corrected chi connectivity index (χ3v) is 5.30. The van der Waals surface area contributed by atoms with Gasteiger partial charge < -0.3 is 14.6 Å². The van der Waals surface area contributed by atoms with Gasteiger partial charge in [0.05, 0.1) is 12.2 Å². The molecule has 0 bridgehead atoms. The molecule has 1 aromatic rings. The quantitative estimate of drug-likeness (QED) is 0.895. The van der Waals surface area contributed by atoms with Crippen LogP contribution in [0.2, 0.25) is 0 Å². The van der Waals surface area contributed by atoms with Gasteiger partial charge in [0.2, 0.25) is 0 Å². The van der Waals surface area contributed by atoms with E-state index in [1.165, 1.54) is 12.1 Å². The van der Waals surface area contributed by atoms with Crippen LogP contribution in [0.4, 0.5) is 13.2 Å². The molecule has 0 aromatic heterocycles. The van der Waals surface area contributed by atoms with Crippen molar-refractivity contribution in [2.24, 2.45) is 5.92 Å². The van der Waals surface area contributed by atoms with Gasteiger partial charge in [0, 0.05) is 30.7 Å². The van der Waals surface area contributed by atoms with Crippen LogP contribution in [0.3, 0.4) is 0 Å². The first kappa shape index (κ1) is 18.5. The minimum absolute atomic E-state index is 0.0422. The highest BCUT2D eigenvalue weighted by molar-refractivity contribution is 5.33. The number of halogens is 3. The number of benzene rings is 1. The van der Waals surface area contributed by atoms with Gasteiger partial charge in [-0.1, -0.05) is 18.2 Å². The molecule has 1 aromatic carbocycles. The molecule has 3 atom stereocenters. The van der Waals surface area contributed by atoms with Gasteiger partial charge in [-0.05, 0) is 38.8 Å². The van der Waals surface area contributed by atoms with E-state index in [2.05, 4.69) is 9.64 Å². The highest BCUT2D eigenvalue weighted by Crippen LogP contribution is 2.37. The fraction of sp³-hybridized carbons (Fsp3) is 0.667. The van der Waals surface area contributed by atoms with Crippen molar-refractivity contribution in [1.29, 1.82) is 0 Å². The molecule has 0 saturated carbocycles. The normalized spacial score (nSPS) is 31.2. The minimum Gasteiger partial charge on any atom is -0.405 e. The molecule has 25 heavy (non-hydrogen) atoms. The summed E-state index contributed by atoms with van der Waals surface area (Å²) in [5, 5.41) is 10.7. The summed E-state index contributed by atoms with van der Waals surface area (Å²) in [5.74, 6) is -0.202. The smallest absolute Gasteiger partial charge is 0.405 e. The van der Waals surface area contributed by atoms with Crippen molar-refractivity contribution in [2.75, 3.05) is 19.8 Å². The number of likely N-dealkylation sites (tertiary alicyclic amines) is 1. The maximum Gasteiger partial charge on any atom is 0.573 e. The Kier molecular flexibility index (Phi) is 5.27. The van der Waals surface area contributed by atoms with Gasteiger partial charge in [0.1, 0.15) is 5.75 Å². The molecular weight excluding hydrogens is 335 g/mol. The van der Waals surface area contributed by atoms with Crippen LogP contribution in [-0.2, 0) is 11.3 Å². The Morgan fingerprint density at radius 1 is 1.36 bits per heavy atom. The zero-order valence-electron chi connectivity index (χ0n) is 14.3. The van der Waals surface area contributed by atoms with Crippen molar-refractivity contribution in [2.45, 2.75) is 50.7 Å². The molecular formula is C18H24F3NO3. The molecule has 2 heterocycles. The fourth-order valence-electron chi connectivity index (χ4n) is 3.96. The summed E-state index contributed by atoms with van der Waals surface area (Å²) < 4.78 is 47.6. The zero-order chi connectivity index (χ0) is 18.1. The number of alkyl halides is 3. The number of hydrogen-bond donors (Lipinski definition) is 1. The van der Waals surface area contributed by atoms with Gasteiger partial charge in [0.25, 0.3) is 0 Å².